The molecule has 2 rings (SSSR count). The third kappa shape index (κ3) is 6.76. The number of rotatable bonds is 6. The number of aliphatic hydroxyl groups excluding tert-OH is 8. The van der Waals surface area contributed by atoms with Gasteiger partial charge in [0.1, 0.15) is 55.3 Å². The molecule has 10 atom stereocenters. The molecule has 1 unspecified atom stereocenters. The van der Waals surface area contributed by atoms with Crippen LogP contribution in [0.4, 0.5) is 0 Å². The first-order valence-corrected chi connectivity index (χ1v) is 8.64. The first-order valence-electron chi connectivity index (χ1n) is 8.64. The number of aliphatic hydroxyl groups is 8. The highest BCUT2D eigenvalue weighted by atomic mass is 16.7. The van der Waals surface area contributed by atoms with Gasteiger partial charge in [0.05, 0.1) is 13.2 Å². The van der Waals surface area contributed by atoms with E-state index in [0.717, 1.165) is 0 Å². The molecule has 0 aliphatic carbocycles. The van der Waals surface area contributed by atoms with E-state index >= 15 is 0 Å². The van der Waals surface area contributed by atoms with Crippen LogP contribution >= 0.6 is 0 Å². The minimum Gasteiger partial charge on any atom is -0.481 e. The molecule has 0 bridgehead atoms. The topological polar surface area (TPSA) is 264 Å². The van der Waals surface area contributed by atoms with Crippen LogP contribution in [0.1, 0.15) is 6.42 Å². The van der Waals surface area contributed by atoms with Gasteiger partial charge in [0.15, 0.2) is 12.6 Å². The molecule has 15 nitrogen and oxygen atoms in total. The minimum absolute atomic E-state index is 0.667. The SMILES string of the molecule is O=C(O)CC(=O)O.OC[C@H]1O[C@@H](O[C@H]2[C@H](O)[C@@H](O)C(O)O[C@@H]2CO)[C@H](O)[C@@H](O)[C@H]1O. The van der Waals surface area contributed by atoms with E-state index in [4.69, 9.17) is 29.5 Å². The zero-order chi connectivity index (χ0) is 23.2. The van der Waals surface area contributed by atoms with Gasteiger partial charge in [-0.25, -0.2) is 0 Å². The molecule has 0 amide bonds. The molecule has 0 aromatic heterocycles. The number of hydrogen-bond acceptors (Lipinski definition) is 13. The molecule has 2 aliphatic rings. The Kier molecular flexibility index (Phi) is 10.4. The zero-order valence-electron chi connectivity index (χ0n) is 15.4. The summed E-state index contributed by atoms with van der Waals surface area (Å²) in [4.78, 5) is 18.9. The molecular formula is C15H26O15. The minimum atomic E-state index is -1.74. The lowest BCUT2D eigenvalue weighted by molar-refractivity contribution is -0.355. The molecule has 0 radical (unpaired) electrons. The summed E-state index contributed by atoms with van der Waals surface area (Å²) in [5.74, 6) is -2.62. The standard InChI is InChI=1S/C12H22O11.C3H4O4/c13-1-3-5(15)6(16)9(19)12(22-3)23-10-4(2-14)21-11(20)8(18)7(10)17;4-2(5)1-3(6)7/h3-20H,1-2H2;1H2,(H,4,5)(H,6,7)/t3-,4-,5+,6+,7-,8-,9-,10-,11?,12+;/m1./s1. The van der Waals surface area contributed by atoms with Gasteiger partial charge in [-0.3, -0.25) is 9.59 Å². The lowest BCUT2D eigenvalue weighted by Crippen LogP contribution is -2.64. The highest BCUT2D eigenvalue weighted by molar-refractivity contribution is 5.88. The Hall–Kier alpha value is -1.50. The number of aliphatic carboxylic acids is 2. The number of carboxylic acid groups (broad SMARTS) is 2. The normalized spacial score (nSPS) is 41.5. The van der Waals surface area contributed by atoms with Crippen LogP contribution in [0.3, 0.4) is 0 Å². The Morgan fingerprint density at radius 1 is 0.700 bits per heavy atom. The summed E-state index contributed by atoms with van der Waals surface area (Å²) in [5.41, 5.74) is 0. The van der Waals surface area contributed by atoms with Crippen molar-refractivity contribution in [2.75, 3.05) is 13.2 Å². The molecule has 30 heavy (non-hydrogen) atoms. The van der Waals surface area contributed by atoms with Gasteiger partial charge in [-0.15, -0.1) is 0 Å². The molecule has 2 aliphatic heterocycles. The summed E-state index contributed by atoms with van der Waals surface area (Å²) >= 11 is 0. The quantitative estimate of drug-likeness (QED) is 0.170. The highest BCUT2D eigenvalue weighted by Gasteiger charge is 2.50. The van der Waals surface area contributed by atoms with Gasteiger partial charge < -0.3 is 65.3 Å². The lowest BCUT2D eigenvalue weighted by Gasteiger charge is -2.45. The van der Waals surface area contributed by atoms with Crippen molar-refractivity contribution in [3.05, 3.63) is 0 Å². The molecule has 0 spiro atoms. The first kappa shape index (κ1) is 26.5. The summed E-state index contributed by atoms with van der Waals surface area (Å²) in [7, 11) is 0. The van der Waals surface area contributed by atoms with Crippen LogP contribution in [0.5, 0.6) is 0 Å². The van der Waals surface area contributed by atoms with Gasteiger partial charge in [0.2, 0.25) is 0 Å². The summed E-state index contributed by atoms with van der Waals surface area (Å²) in [5, 5.41) is 91.9. The van der Waals surface area contributed by atoms with Crippen molar-refractivity contribution in [1.29, 1.82) is 0 Å². The van der Waals surface area contributed by atoms with Crippen LogP contribution < -0.4 is 0 Å². The molecule has 10 N–H and O–H groups in total. The molecule has 2 fully saturated rings. The zero-order valence-corrected chi connectivity index (χ0v) is 15.4. The number of carbonyl (C=O) groups is 2. The second-order valence-electron chi connectivity index (χ2n) is 6.49. The average molecular weight is 446 g/mol. The van der Waals surface area contributed by atoms with Gasteiger partial charge in [-0.05, 0) is 0 Å². The second-order valence-corrected chi connectivity index (χ2v) is 6.49. The summed E-state index contributed by atoms with van der Waals surface area (Å²) in [6.45, 7) is -1.35. The molecule has 15 heteroatoms. The summed E-state index contributed by atoms with van der Waals surface area (Å²) in [6.07, 6.45) is -16.4. The van der Waals surface area contributed by atoms with Gasteiger partial charge in [-0.2, -0.15) is 0 Å². The van der Waals surface area contributed by atoms with Crippen LogP contribution in [0.25, 0.3) is 0 Å². The second kappa shape index (κ2) is 11.8. The van der Waals surface area contributed by atoms with Crippen molar-refractivity contribution in [1.82, 2.24) is 0 Å². The van der Waals surface area contributed by atoms with Crippen LogP contribution in [0.2, 0.25) is 0 Å². The van der Waals surface area contributed by atoms with Crippen LogP contribution in [-0.4, -0.2) is 138 Å². The van der Waals surface area contributed by atoms with Crippen LogP contribution in [-0.2, 0) is 23.8 Å². The van der Waals surface area contributed by atoms with E-state index in [2.05, 4.69) is 0 Å². The first-order chi connectivity index (χ1) is 13.9. The van der Waals surface area contributed by atoms with Crippen molar-refractivity contribution < 1.29 is 74.9 Å². The Morgan fingerprint density at radius 3 is 1.67 bits per heavy atom. The molecule has 2 heterocycles. The Morgan fingerprint density at radius 2 is 1.23 bits per heavy atom. The monoisotopic (exact) mass is 446 g/mol. The largest absolute Gasteiger partial charge is 0.481 e. The maximum atomic E-state index is 9.94. The van der Waals surface area contributed by atoms with Crippen molar-refractivity contribution in [2.45, 2.75) is 67.8 Å². The molecular weight excluding hydrogens is 420 g/mol. The van der Waals surface area contributed by atoms with E-state index in [1.165, 1.54) is 0 Å². The average Bonchev–Trinajstić information content (AvgIpc) is 2.67. The fourth-order valence-electron chi connectivity index (χ4n) is 2.70. The van der Waals surface area contributed by atoms with Crippen molar-refractivity contribution in [2.24, 2.45) is 0 Å². The van der Waals surface area contributed by atoms with Crippen LogP contribution in [0.15, 0.2) is 0 Å². The maximum Gasteiger partial charge on any atom is 0.314 e. The maximum absolute atomic E-state index is 9.94. The lowest BCUT2D eigenvalue weighted by atomic mass is 9.97. The molecule has 0 aromatic rings. The molecule has 2 saturated heterocycles. The van der Waals surface area contributed by atoms with Crippen LogP contribution in [0, 0.1) is 0 Å². The fraction of sp³-hybridized carbons (Fsp3) is 0.867. The van der Waals surface area contributed by atoms with E-state index in [0.29, 0.717) is 0 Å². The third-order valence-electron chi connectivity index (χ3n) is 4.28. The van der Waals surface area contributed by atoms with E-state index in [1.54, 1.807) is 0 Å². The van der Waals surface area contributed by atoms with E-state index in [-0.39, 0.29) is 0 Å². The van der Waals surface area contributed by atoms with E-state index in [9.17, 15) is 45.3 Å². The predicted molar refractivity (Wildman–Crippen MR) is 88.5 cm³/mol. The van der Waals surface area contributed by atoms with Crippen molar-refractivity contribution >= 4 is 11.9 Å². The fourth-order valence-corrected chi connectivity index (χ4v) is 2.70. The smallest absolute Gasteiger partial charge is 0.314 e. The molecule has 176 valence electrons. The third-order valence-corrected chi connectivity index (χ3v) is 4.28. The Balaban J connectivity index is 0.000000553. The Bertz CT molecular complexity index is 542. The molecule has 0 saturated carbocycles. The van der Waals surface area contributed by atoms with Gasteiger partial charge in [-0.1, -0.05) is 0 Å². The summed E-state index contributed by atoms with van der Waals surface area (Å²) in [6, 6.07) is 0. The van der Waals surface area contributed by atoms with Crippen molar-refractivity contribution in [3.8, 4) is 0 Å². The van der Waals surface area contributed by atoms with Gasteiger partial charge in [0.25, 0.3) is 0 Å². The highest BCUT2D eigenvalue weighted by Crippen LogP contribution is 2.28. The van der Waals surface area contributed by atoms with E-state index < -0.39 is 93.0 Å². The molecule has 0 aromatic carbocycles. The van der Waals surface area contributed by atoms with Gasteiger partial charge >= 0.3 is 11.9 Å². The number of carboxylic acids is 2. The van der Waals surface area contributed by atoms with Gasteiger partial charge in [0, 0.05) is 0 Å². The number of ether oxygens (including phenoxy) is 3. The number of hydrogen-bond donors (Lipinski definition) is 10. The predicted octanol–water partition coefficient (Wildman–Crippen LogP) is -5.85. The van der Waals surface area contributed by atoms with Crippen molar-refractivity contribution in [3.63, 3.8) is 0 Å². The summed E-state index contributed by atoms with van der Waals surface area (Å²) < 4.78 is 15.3. The Labute approximate surface area is 168 Å². The van der Waals surface area contributed by atoms with E-state index in [1.807, 2.05) is 0 Å².